The molecule has 3 heterocycles. The van der Waals surface area contributed by atoms with Crippen LogP contribution in [0.5, 0.6) is 0 Å². The van der Waals surface area contributed by atoms with E-state index in [9.17, 15) is 30.3 Å². The number of allylic oxidation sites excluding steroid dienone is 1. The summed E-state index contributed by atoms with van der Waals surface area (Å²) in [5.74, 6) is -0.00274. The van der Waals surface area contributed by atoms with E-state index in [1.165, 1.54) is 6.92 Å². The Morgan fingerprint density at radius 3 is 2.76 bits per heavy atom. The fourth-order valence-electron chi connectivity index (χ4n) is 5.66. The molecule has 3 fully saturated rings. The van der Waals surface area contributed by atoms with Crippen LogP contribution >= 0.6 is 0 Å². The highest BCUT2D eigenvalue weighted by Gasteiger charge is 2.50. The molecule has 236 valence electrons. The fourth-order valence-corrected chi connectivity index (χ4v) is 5.66. The van der Waals surface area contributed by atoms with Gasteiger partial charge >= 0.3 is 0 Å². The van der Waals surface area contributed by atoms with E-state index < -0.39 is 72.3 Å². The van der Waals surface area contributed by atoms with E-state index in [1.807, 2.05) is 6.08 Å². The highest BCUT2D eigenvalue weighted by atomic mass is 16.7. The summed E-state index contributed by atoms with van der Waals surface area (Å²) >= 11 is 0. The summed E-state index contributed by atoms with van der Waals surface area (Å²) < 4.78 is 23.7. The highest BCUT2D eigenvalue weighted by Crippen LogP contribution is 2.32. The first-order chi connectivity index (χ1) is 19.4. The number of nitrogens with two attached hydrogens (primary N) is 2. The van der Waals surface area contributed by atoms with Crippen LogP contribution in [0.3, 0.4) is 0 Å². The zero-order chi connectivity index (χ0) is 29.8. The average Bonchev–Trinajstić information content (AvgIpc) is 3.37. The Kier molecular flexibility index (Phi) is 11.0. The number of hydrogen-bond acceptors (Lipinski definition) is 14. The highest BCUT2D eigenvalue weighted by molar-refractivity contribution is 5.86. The van der Waals surface area contributed by atoms with Crippen LogP contribution in [-0.2, 0) is 23.7 Å². The summed E-state index contributed by atoms with van der Waals surface area (Å²) in [6.07, 6.45) is -3.78. The smallest absolute Gasteiger partial charge is 0.253 e. The van der Waals surface area contributed by atoms with Gasteiger partial charge in [-0.3, -0.25) is 4.79 Å². The molecule has 12 N–H and O–H groups in total. The molecule has 4 rings (SSSR count). The van der Waals surface area contributed by atoms with Gasteiger partial charge in [0.05, 0.1) is 30.9 Å². The van der Waals surface area contributed by atoms with Crippen LogP contribution in [0.25, 0.3) is 0 Å². The van der Waals surface area contributed by atoms with E-state index in [0.29, 0.717) is 38.2 Å². The first kappa shape index (κ1) is 32.4. The maximum Gasteiger partial charge on any atom is 0.253 e. The molecule has 0 aromatic rings. The second-order valence-electron chi connectivity index (χ2n) is 11.9. The summed E-state index contributed by atoms with van der Waals surface area (Å²) in [6.45, 7) is 2.81. The Hall–Kier alpha value is -1.47. The van der Waals surface area contributed by atoms with Gasteiger partial charge in [-0.1, -0.05) is 0 Å². The van der Waals surface area contributed by atoms with E-state index in [1.54, 1.807) is 0 Å². The lowest BCUT2D eigenvalue weighted by atomic mass is 9.83. The van der Waals surface area contributed by atoms with Gasteiger partial charge in [-0.05, 0) is 38.8 Å². The van der Waals surface area contributed by atoms with E-state index in [-0.39, 0.29) is 39.0 Å². The molecule has 1 saturated carbocycles. The molecule has 4 aliphatic rings. The Balaban J connectivity index is 1.43. The number of ether oxygens (including phenoxy) is 4. The quantitative estimate of drug-likeness (QED) is 0.110. The fraction of sp³-hybridized carbons (Fsp3) is 0.885. The van der Waals surface area contributed by atoms with E-state index in [2.05, 4.69) is 16.0 Å². The third-order valence-electron chi connectivity index (χ3n) is 8.02. The van der Waals surface area contributed by atoms with Gasteiger partial charge in [0.25, 0.3) is 5.91 Å². The second-order valence-corrected chi connectivity index (χ2v) is 11.9. The third kappa shape index (κ3) is 8.34. The molecule has 41 heavy (non-hydrogen) atoms. The average molecular weight is 590 g/mol. The number of rotatable bonds is 11. The number of hydrogen-bond donors (Lipinski definition) is 10. The topological polar surface area (TPSA) is 243 Å². The molecule has 15 nitrogen and oxygen atoms in total. The Morgan fingerprint density at radius 1 is 1.29 bits per heavy atom. The van der Waals surface area contributed by atoms with Crippen LogP contribution in [0.1, 0.15) is 39.0 Å². The molecular weight excluding hydrogens is 542 g/mol. The number of carbonyl (C=O) groups is 1. The van der Waals surface area contributed by atoms with Crippen LogP contribution in [0.2, 0.25) is 0 Å². The number of carbonyl (C=O) groups excluding carboxylic acids is 1. The second kappa shape index (κ2) is 13.9. The van der Waals surface area contributed by atoms with Crippen LogP contribution in [-0.4, -0.2) is 137 Å². The van der Waals surface area contributed by atoms with Gasteiger partial charge in [-0.2, -0.15) is 0 Å². The summed E-state index contributed by atoms with van der Waals surface area (Å²) in [7, 11) is 0. The minimum absolute atomic E-state index is 0.0102. The predicted octanol–water partition coefficient (Wildman–Crippen LogP) is -4.15. The number of β-amino-alcohol motifs (C(OH)–C–C–N with tert-alkyl or cyclic N) is 1. The summed E-state index contributed by atoms with van der Waals surface area (Å²) in [5.41, 5.74) is 9.04. The van der Waals surface area contributed by atoms with Crippen molar-refractivity contribution in [3.05, 3.63) is 11.8 Å². The largest absolute Gasteiger partial charge is 0.468 e. The zero-order valence-corrected chi connectivity index (χ0v) is 23.5. The molecule has 0 aromatic heterocycles. The van der Waals surface area contributed by atoms with Crippen LogP contribution < -0.4 is 27.4 Å². The van der Waals surface area contributed by atoms with Crippen LogP contribution in [0.4, 0.5) is 0 Å². The normalized spacial score (nSPS) is 42.3. The van der Waals surface area contributed by atoms with Crippen molar-refractivity contribution in [3.63, 3.8) is 0 Å². The minimum Gasteiger partial charge on any atom is -0.468 e. The maximum atomic E-state index is 13.0. The molecule has 2 saturated heterocycles. The van der Waals surface area contributed by atoms with Gasteiger partial charge in [-0.25, -0.2) is 0 Å². The lowest BCUT2D eigenvalue weighted by Gasteiger charge is -2.47. The number of aliphatic hydroxyl groups is 5. The molecule has 1 aliphatic carbocycles. The third-order valence-corrected chi connectivity index (χ3v) is 8.02. The van der Waals surface area contributed by atoms with Gasteiger partial charge in [0.2, 0.25) is 0 Å². The predicted molar refractivity (Wildman–Crippen MR) is 144 cm³/mol. The first-order valence-corrected chi connectivity index (χ1v) is 14.4. The molecule has 15 heteroatoms. The van der Waals surface area contributed by atoms with Crippen LogP contribution in [0.15, 0.2) is 11.8 Å². The number of nitrogens with one attached hydrogen (secondary N) is 3. The minimum atomic E-state index is -1.61. The lowest BCUT2D eigenvalue weighted by molar-refractivity contribution is -0.297. The maximum absolute atomic E-state index is 13.0. The molecular formula is C26H47N5O10. The van der Waals surface area contributed by atoms with Crippen molar-refractivity contribution < 1.29 is 49.3 Å². The molecule has 11 atom stereocenters. The first-order valence-electron chi connectivity index (χ1n) is 14.4. The molecule has 0 radical (unpaired) electrons. The standard InChI is InChI=1S/C26H47N5O10/c1-25(36)8-18(33)23(38-13-25)41-22-17(31-24(35)26(37)5-6-29-12-26)7-16(28)21(20(22)34)40-19-4-2-3-15(39-19)11-30-10-14(32)9-27/h3,14,16-23,29-30,32-34,36-37H,2,4-13,27-28H2,1H3,(H,31,35)/t14?,16-,17+,18+,19+,20-,21+,22-,23+,25+,26?/m0/s1. The molecule has 2 unspecified atom stereocenters. The molecule has 3 aliphatic heterocycles. The van der Waals surface area contributed by atoms with Crippen molar-refractivity contribution in [1.29, 1.82) is 0 Å². The Morgan fingerprint density at radius 2 is 2.07 bits per heavy atom. The number of amides is 1. The van der Waals surface area contributed by atoms with Gasteiger partial charge < -0.3 is 71.9 Å². The van der Waals surface area contributed by atoms with Crippen molar-refractivity contribution >= 4 is 5.91 Å². The molecule has 0 spiro atoms. The van der Waals surface area contributed by atoms with Gasteiger partial charge in [0, 0.05) is 38.5 Å². The van der Waals surface area contributed by atoms with Crippen molar-refractivity contribution in [2.24, 2.45) is 11.5 Å². The van der Waals surface area contributed by atoms with Crippen molar-refractivity contribution in [2.45, 2.75) is 105 Å². The van der Waals surface area contributed by atoms with Gasteiger partial charge in [0.1, 0.15) is 30.2 Å². The Labute approximate surface area is 239 Å². The Bertz CT molecular complexity index is 904. The summed E-state index contributed by atoms with van der Waals surface area (Å²) in [4.78, 5) is 13.0. The van der Waals surface area contributed by atoms with E-state index >= 15 is 0 Å². The van der Waals surface area contributed by atoms with Gasteiger partial charge in [0.15, 0.2) is 18.2 Å². The van der Waals surface area contributed by atoms with Crippen molar-refractivity contribution in [2.75, 3.05) is 39.3 Å². The van der Waals surface area contributed by atoms with Crippen molar-refractivity contribution in [3.8, 4) is 0 Å². The van der Waals surface area contributed by atoms with E-state index in [0.717, 1.165) is 0 Å². The monoisotopic (exact) mass is 589 g/mol. The lowest BCUT2D eigenvalue weighted by Crippen LogP contribution is -2.67. The summed E-state index contributed by atoms with van der Waals surface area (Å²) in [6, 6.07) is -1.57. The van der Waals surface area contributed by atoms with Crippen molar-refractivity contribution in [1.82, 2.24) is 16.0 Å². The number of aliphatic hydroxyl groups excluding tert-OH is 3. The zero-order valence-electron chi connectivity index (χ0n) is 23.5. The molecule has 1 amide bonds. The molecule has 0 aromatic carbocycles. The summed E-state index contributed by atoms with van der Waals surface area (Å²) in [5, 5.41) is 61.6. The molecule has 0 bridgehead atoms. The van der Waals surface area contributed by atoms with E-state index in [4.69, 9.17) is 30.4 Å². The van der Waals surface area contributed by atoms with Gasteiger partial charge in [-0.15, -0.1) is 0 Å². The SMILES string of the molecule is C[C@]1(O)CO[C@H](O[C@@H]2[C@@H](O)[C@H](O[C@@H]3CCC=C(CNCC(O)CN)O3)[C@@H](N)C[C@H]2NC(=O)C2(O)CCNC2)[C@H](O)C1. The van der Waals surface area contributed by atoms with Crippen LogP contribution in [0, 0.1) is 0 Å².